The van der Waals surface area contributed by atoms with Crippen molar-refractivity contribution in [2.45, 2.75) is 0 Å². The van der Waals surface area contributed by atoms with Crippen LogP contribution in [0.4, 0.5) is 9.18 Å². The third-order valence-corrected chi connectivity index (χ3v) is 0.774. The van der Waals surface area contributed by atoms with Gasteiger partial charge in [0.05, 0.1) is 0 Å². The lowest BCUT2D eigenvalue weighted by Gasteiger charge is -1.81. The van der Waals surface area contributed by atoms with Crippen LogP contribution in [0.2, 0.25) is 0 Å². The maximum atomic E-state index is 12.0. The second-order valence-electron chi connectivity index (χ2n) is 1.70. The summed E-state index contributed by atoms with van der Waals surface area (Å²) in [5, 5.41) is 13.9. The molecule has 1 heterocycles. The van der Waals surface area contributed by atoms with Gasteiger partial charge in [-0.25, -0.2) is 9.59 Å². The van der Waals surface area contributed by atoms with Crippen LogP contribution in [0, 0.1) is 5.82 Å². The van der Waals surface area contributed by atoms with Crippen LogP contribution in [-0.4, -0.2) is 26.3 Å². The number of carbonyl (C=O) groups is 1. The molecule has 0 spiro atoms. The summed E-state index contributed by atoms with van der Waals surface area (Å²) in [7, 11) is 0. The number of carboxylic acid groups (broad SMARTS) is 2. The summed E-state index contributed by atoms with van der Waals surface area (Å²) in [6, 6.07) is 0. The Hall–Kier alpha value is -2.12. The lowest BCUT2D eigenvalue weighted by Crippen LogP contribution is -2.23. The molecule has 13 heavy (non-hydrogen) atoms. The molecule has 0 atom stereocenters. The number of halogens is 1. The largest absolute Gasteiger partial charge is 0.503 e. The molecule has 0 radical (unpaired) electrons. The average molecular weight is 192 g/mol. The van der Waals surface area contributed by atoms with Crippen molar-refractivity contribution in [1.82, 2.24) is 9.97 Å². The van der Waals surface area contributed by atoms with Gasteiger partial charge in [-0.15, -0.1) is 0 Å². The SMILES string of the molecule is O=C(O)O.O=c1[nH]cc(F)c(=O)[nH]1. The molecular formula is C5H5FN2O5. The quantitative estimate of drug-likeness (QED) is 0.438. The third kappa shape index (κ3) is 5.18. The fourth-order valence-electron chi connectivity index (χ4n) is 0.393. The van der Waals surface area contributed by atoms with E-state index >= 15 is 0 Å². The number of rotatable bonds is 0. The Kier molecular flexibility index (Phi) is 3.93. The van der Waals surface area contributed by atoms with Crippen molar-refractivity contribution < 1.29 is 19.4 Å². The Morgan fingerprint density at radius 2 is 1.85 bits per heavy atom. The molecule has 4 N–H and O–H groups in total. The Labute approximate surface area is 69.5 Å². The first-order chi connectivity index (χ1) is 5.93. The highest BCUT2D eigenvalue weighted by Gasteiger charge is 1.93. The first-order valence-corrected chi connectivity index (χ1v) is 2.83. The van der Waals surface area contributed by atoms with Crippen LogP contribution in [0.5, 0.6) is 0 Å². The van der Waals surface area contributed by atoms with Gasteiger partial charge in [0.2, 0.25) is 5.82 Å². The molecule has 0 saturated heterocycles. The Balaban J connectivity index is 0.000000310. The third-order valence-electron chi connectivity index (χ3n) is 0.774. The number of nitrogens with one attached hydrogen (secondary N) is 2. The van der Waals surface area contributed by atoms with Crippen molar-refractivity contribution in [1.29, 1.82) is 0 Å². The summed E-state index contributed by atoms with van der Waals surface area (Å²) in [6.45, 7) is 0. The molecule has 0 saturated carbocycles. The van der Waals surface area contributed by atoms with Gasteiger partial charge in [0.1, 0.15) is 0 Å². The fourth-order valence-corrected chi connectivity index (χ4v) is 0.393. The maximum absolute atomic E-state index is 12.0. The van der Waals surface area contributed by atoms with Crippen molar-refractivity contribution >= 4 is 6.16 Å². The zero-order valence-electron chi connectivity index (χ0n) is 6.07. The predicted octanol–water partition coefficient (Wildman–Crippen LogP) is -0.575. The fraction of sp³-hybridized carbons (Fsp3) is 0. The van der Waals surface area contributed by atoms with E-state index in [9.17, 15) is 14.0 Å². The summed E-state index contributed by atoms with van der Waals surface area (Å²) in [4.78, 5) is 32.6. The zero-order chi connectivity index (χ0) is 10.4. The average Bonchev–Trinajstić information content (AvgIpc) is 1.96. The summed E-state index contributed by atoms with van der Waals surface area (Å²) in [5.74, 6) is -0.991. The van der Waals surface area contributed by atoms with E-state index in [4.69, 9.17) is 15.0 Å². The van der Waals surface area contributed by atoms with E-state index in [0.717, 1.165) is 0 Å². The standard InChI is InChI=1S/C4H3FN2O2.CH2O3/c5-2-1-6-4(9)7-3(2)8;2-1(3)4/h1H,(H2,6,7,8,9);(H2,2,3,4). The normalized spacial score (nSPS) is 8.38. The maximum Gasteiger partial charge on any atom is 0.503 e. The van der Waals surface area contributed by atoms with Crippen LogP contribution in [-0.2, 0) is 0 Å². The highest BCUT2D eigenvalue weighted by molar-refractivity contribution is 5.53. The topological polar surface area (TPSA) is 123 Å². The first-order valence-electron chi connectivity index (χ1n) is 2.83. The van der Waals surface area contributed by atoms with Gasteiger partial charge in [-0.1, -0.05) is 0 Å². The van der Waals surface area contributed by atoms with Gasteiger partial charge < -0.3 is 15.2 Å². The van der Waals surface area contributed by atoms with E-state index in [-0.39, 0.29) is 0 Å². The van der Waals surface area contributed by atoms with Gasteiger partial charge in [-0.3, -0.25) is 9.78 Å². The van der Waals surface area contributed by atoms with Crippen molar-refractivity contribution in [3.63, 3.8) is 0 Å². The molecule has 0 aliphatic rings. The predicted molar refractivity (Wildman–Crippen MR) is 38.3 cm³/mol. The molecule has 7 nitrogen and oxygen atoms in total. The van der Waals surface area contributed by atoms with E-state index in [1.807, 2.05) is 4.98 Å². The molecule has 0 aliphatic heterocycles. The van der Waals surface area contributed by atoms with Gasteiger partial charge in [-0.05, 0) is 0 Å². The van der Waals surface area contributed by atoms with Gasteiger partial charge in [0.25, 0.3) is 5.56 Å². The molecule has 72 valence electrons. The van der Waals surface area contributed by atoms with Gasteiger partial charge in [0, 0.05) is 6.20 Å². The van der Waals surface area contributed by atoms with Crippen LogP contribution < -0.4 is 11.2 Å². The minimum absolute atomic E-state index is 0.707. The Bertz CT molecular complexity index is 390. The molecule has 0 bridgehead atoms. The lowest BCUT2D eigenvalue weighted by atomic mass is 10.6. The Morgan fingerprint density at radius 3 is 2.15 bits per heavy atom. The molecule has 8 heteroatoms. The number of H-pyrrole nitrogens is 2. The number of aromatic amines is 2. The van der Waals surface area contributed by atoms with Crippen molar-refractivity contribution in [2.75, 3.05) is 0 Å². The summed E-state index contributed by atoms with van der Waals surface area (Å²) in [6.07, 6.45) is -1.12. The minimum Gasteiger partial charge on any atom is -0.450 e. The molecule has 0 aliphatic carbocycles. The number of hydrogen-bond donors (Lipinski definition) is 4. The summed E-state index contributed by atoms with van der Waals surface area (Å²) in [5.41, 5.74) is -1.71. The van der Waals surface area contributed by atoms with Crippen molar-refractivity contribution in [3.05, 3.63) is 32.9 Å². The molecule has 1 aromatic heterocycles. The van der Waals surface area contributed by atoms with Crippen molar-refractivity contribution in [3.8, 4) is 0 Å². The molecule has 0 amide bonds. The van der Waals surface area contributed by atoms with E-state index in [1.165, 1.54) is 0 Å². The Morgan fingerprint density at radius 1 is 1.38 bits per heavy atom. The van der Waals surface area contributed by atoms with E-state index < -0.39 is 23.2 Å². The second-order valence-corrected chi connectivity index (χ2v) is 1.70. The second kappa shape index (κ2) is 4.70. The van der Waals surface area contributed by atoms with E-state index in [1.54, 1.807) is 4.98 Å². The molecule has 0 aromatic carbocycles. The summed E-state index contributed by atoms with van der Waals surface area (Å²) >= 11 is 0. The first kappa shape index (κ1) is 10.9. The van der Waals surface area contributed by atoms with Crippen LogP contribution in [0.3, 0.4) is 0 Å². The summed E-state index contributed by atoms with van der Waals surface area (Å²) < 4.78 is 12.0. The molecule has 1 aromatic rings. The van der Waals surface area contributed by atoms with Gasteiger partial charge in [0.15, 0.2) is 0 Å². The molecular weight excluding hydrogens is 187 g/mol. The lowest BCUT2D eigenvalue weighted by molar-refractivity contribution is 0.137. The highest BCUT2D eigenvalue weighted by Crippen LogP contribution is 1.74. The monoisotopic (exact) mass is 192 g/mol. The number of aromatic nitrogens is 2. The highest BCUT2D eigenvalue weighted by atomic mass is 19.1. The van der Waals surface area contributed by atoms with Gasteiger partial charge in [-0.2, -0.15) is 4.39 Å². The van der Waals surface area contributed by atoms with Crippen molar-refractivity contribution in [2.24, 2.45) is 0 Å². The zero-order valence-corrected chi connectivity index (χ0v) is 6.07. The van der Waals surface area contributed by atoms with Crippen LogP contribution >= 0.6 is 0 Å². The van der Waals surface area contributed by atoms with E-state index in [0.29, 0.717) is 6.20 Å². The molecule has 0 unspecified atom stereocenters. The van der Waals surface area contributed by atoms with Crippen LogP contribution in [0.15, 0.2) is 15.8 Å². The number of hydrogen-bond acceptors (Lipinski definition) is 3. The molecule has 0 fully saturated rings. The van der Waals surface area contributed by atoms with E-state index in [2.05, 4.69) is 0 Å². The van der Waals surface area contributed by atoms with Crippen LogP contribution in [0.25, 0.3) is 0 Å². The molecule has 1 rings (SSSR count). The van der Waals surface area contributed by atoms with Gasteiger partial charge >= 0.3 is 11.8 Å². The minimum atomic E-state index is -1.83. The smallest absolute Gasteiger partial charge is 0.450 e. The van der Waals surface area contributed by atoms with Crippen LogP contribution in [0.1, 0.15) is 0 Å².